The summed E-state index contributed by atoms with van der Waals surface area (Å²) in [5.41, 5.74) is 6.38. The van der Waals surface area contributed by atoms with E-state index >= 15 is 0 Å². The first-order valence-corrected chi connectivity index (χ1v) is 6.66. The van der Waals surface area contributed by atoms with Crippen molar-refractivity contribution in [2.75, 3.05) is 6.54 Å². The van der Waals surface area contributed by atoms with E-state index in [1.165, 1.54) is 12.6 Å². The summed E-state index contributed by atoms with van der Waals surface area (Å²) in [6.07, 6.45) is 6.95. The van der Waals surface area contributed by atoms with Crippen LogP contribution in [0.15, 0.2) is 18.3 Å². The Kier molecular flexibility index (Phi) is 8.44. The van der Waals surface area contributed by atoms with Gasteiger partial charge < -0.3 is 11.1 Å². The number of pyridine rings is 1. The molecule has 1 aliphatic rings. The second kappa shape index (κ2) is 8.67. The van der Waals surface area contributed by atoms with Gasteiger partial charge in [0.05, 0.1) is 5.02 Å². The molecule has 1 amide bonds. The van der Waals surface area contributed by atoms with Crippen molar-refractivity contribution in [1.82, 2.24) is 10.3 Å². The fourth-order valence-electron chi connectivity index (χ4n) is 2.29. The van der Waals surface area contributed by atoms with Gasteiger partial charge in [0.2, 0.25) is 0 Å². The molecular formula is C13H20Cl3N3O. The number of nitrogens with one attached hydrogen (secondary N) is 1. The van der Waals surface area contributed by atoms with E-state index in [4.69, 9.17) is 17.3 Å². The second-order valence-corrected chi connectivity index (χ2v) is 5.40. The molecule has 0 bridgehead atoms. The lowest BCUT2D eigenvalue weighted by molar-refractivity contribution is 0.0932. The fourth-order valence-corrected chi connectivity index (χ4v) is 2.40. The SMILES string of the molecule is Cl.Cl.NC1(CNC(=O)c2ccc(Cl)cn2)CCCCC1. The highest BCUT2D eigenvalue weighted by atomic mass is 35.5. The average molecular weight is 341 g/mol. The maximum atomic E-state index is 11.9. The molecule has 2 rings (SSSR count). The zero-order valence-corrected chi connectivity index (χ0v) is 13.5. The number of carbonyl (C=O) groups excluding carboxylic acids is 1. The molecule has 0 saturated heterocycles. The zero-order valence-electron chi connectivity index (χ0n) is 11.1. The van der Waals surface area contributed by atoms with E-state index in [-0.39, 0.29) is 36.3 Å². The number of amides is 1. The smallest absolute Gasteiger partial charge is 0.269 e. The molecule has 0 atom stereocenters. The van der Waals surface area contributed by atoms with Crippen LogP contribution in [0.1, 0.15) is 42.6 Å². The quantitative estimate of drug-likeness (QED) is 0.889. The highest BCUT2D eigenvalue weighted by Crippen LogP contribution is 2.25. The van der Waals surface area contributed by atoms with Crippen molar-refractivity contribution >= 4 is 42.3 Å². The molecule has 0 spiro atoms. The number of carbonyl (C=O) groups is 1. The Bertz CT molecular complexity index is 419. The van der Waals surface area contributed by atoms with E-state index in [0.717, 1.165) is 25.7 Å². The summed E-state index contributed by atoms with van der Waals surface area (Å²) in [4.78, 5) is 15.8. The Morgan fingerprint density at radius 3 is 2.50 bits per heavy atom. The summed E-state index contributed by atoms with van der Waals surface area (Å²) in [6.45, 7) is 0.510. The molecule has 1 saturated carbocycles. The molecule has 4 nitrogen and oxygen atoms in total. The lowest BCUT2D eigenvalue weighted by atomic mass is 9.82. The molecule has 0 unspecified atom stereocenters. The van der Waals surface area contributed by atoms with Gasteiger partial charge in [-0.15, -0.1) is 24.8 Å². The van der Waals surface area contributed by atoms with E-state index in [1.807, 2.05) is 0 Å². The predicted molar refractivity (Wildman–Crippen MR) is 86.1 cm³/mol. The molecule has 20 heavy (non-hydrogen) atoms. The number of nitrogens with zero attached hydrogens (tertiary/aromatic N) is 1. The Balaban J connectivity index is 0.00000180. The minimum atomic E-state index is -0.250. The van der Waals surface area contributed by atoms with Crippen LogP contribution in [-0.4, -0.2) is 23.0 Å². The van der Waals surface area contributed by atoms with Gasteiger partial charge in [-0.3, -0.25) is 4.79 Å². The first-order valence-electron chi connectivity index (χ1n) is 6.28. The van der Waals surface area contributed by atoms with E-state index in [1.54, 1.807) is 12.1 Å². The third-order valence-electron chi connectivity index (χ3n) is 3.41. The molecule has 7 heteroatoms. The van der Waals surface area contributed by atoms with Crippen molar-refractivity contribution in [2.24, 2.45) is 5.73 Å². The summed E-state index contributed by atoms with van der Waals surface area (Å²) in [6, 6.07) is 3.27. The van der Waals surface area contributed by atoms with Crippen molar-refractivity contribution in [2.45, 2.75) is 37.6 Å². The monoisotopic (exact) mass is 339 g/mol. The van der Waals surface area contributed by atoms with Gasteiger partial charge in [-0.25, -0.2) is 4.98 Å². The van der Waals surface area contributed by atoms with Gasteiger partial charge >= 0.3 is 0 Å². The number of rotatable bonds is 3. The fraction of sp³-hybridized carbons (Fsp3) is 0.538. The Morgan fingerprint density at radius 1 is 1.30 bits per heavy atom. The number of halogens is 3. The van der Waals surface area contributed by atoms with Crippen LogP contribution in [0.5, 0.6) is 0 Å². The van der Waals surface area contributed by atoms with E-state index in [0.29, 0.717) is 17.3 Å². The molecule has 114 valence electrons. The number of nitrogens with two attached hydrogens (primary N) is 1. The van der Waals surface area contributed by atoms with Crippen LogP contribution >= 0.6 is 36.4 Å². The van der Waals surface area contributed by atoms with Gasteiger partial charge in [0.15, 0.2) is 0 Å². The average Bonchev–Trinajstić information content (AvgIpc) is 2.38. The lowest BCUT2D eigenvalue weighted by Crippen LogP contribution is -2.51. The highest BCUT2D eigenvalue weighted by Gasteiger charge is 2.27. The topological polar surface area (TPSA) is 68.0 Å². The Morgan fingerprint density at radius 2 is 1.95 bits per heavy atom. The van der Waals surface area contributed by atoms with Crippen molar-refractivity contribution < 1.29 is 4.79 Å². The normalized spacial score (nSPS) is 16.5. The van der Waals surface area contributed by atoms with Crippen LogP contribution in [-0.2, 0) is 0 Å². The van der Waals surface area contributed by atoms with Crippen LogP contribution in [0.3, 0.4) is 0 Å². The van der Waals surface area contributed by atoms with Crippen molar-refractivity contribution in [3.05, 3.63) is 29.0 Å². The van der Waals surface area contributed by atoms with Crippen LogP contribution in [0.2, 0.25) is 5.02 Å². The van der Waals surface area contributed by atoms with Gasteiger partial charge in [0.1, 0.15) is 5.69 Å². The minimum absolute atomic E-state index is 0. The van der Waals surface area contributed by atoms with Crippen LogP contribution in [0.4, 0.5) is 0 Å². The molecule has 0 aromatic carbocycles. The molecule has 1 fully saturated rings. The Hall–Kier alpha value is -0.550. The van der Waals surface area contributed by atoms with Crippen molar-refractivity contribution in [1.29, 1.82) is 0 Å². The van der Waals surface area contributed by atoms with Gasteiger partial charge in [-0.1, -0.05) is 30.9 Å². The summed E-state index contributed by atoms with van der Waals surface area (Å²) in [5.74, 6) is -0.193. The summed E-state index contributed by atoms with van der Waals surface area (Å²) < 4.78 is 0. The second-order valence-electron chi connectivity index (χ2n) is 4.97. The molecule has 0 radical (unpaired) electrons. The van der Waals surface area contributed by atoms with Gasteiger partial charge in [0.25, 0.3) is 5.91 Å². The predicted octanol–water partition coefficient (Wildman–Crippen LogP) is 2.97. The zero-order chi connectivity index (χ0) is 13.0. The van der Waals surface area contributed by atoms with Crippen LogP contribution in [0.25, 0.3) is 0 Å². The third kappa shape index (κ3) is 5.44. The molecule has 3 N–H and O–H groups in total. The van der Waals surface area contributed by atoms with E-state index in [2.05, 4.69) is 10.3 Å². The summed E-state index contributed by atoms with van der Waals surface area (Å²) in [7, 11) is 0. The van der Waals surface area contributed by atoms with Gasteiger partial charge in [-0.05, 0) is 25.0 Å². The van der Waals surface area contributed by atoms with E-state index < -0.39 is 0 Å². The first kappa shape index (κ1) is 19.4. The third-order valence-corrected chi connectivity index (χ3v) is 3.63. The standard InChI is InChI=1S/C13H18ClN3O.2ClH/c14-10-4-5-11(16-8-10)12(18)17-9-13(15)6-2-1-3-7-13;;/h4-5,8H,1-3,6-7,9,15H2,(H,17,18);2*1H. The summed E-state index contributed by atoms with van der Waals surface area (Å²) in [5, 5.41) is 3.38. The first-order chi connectivity index (χ1) is 8.59. The van der Waals surface area contributed by atoms with Gasteiger partial charge in [0, 0.05) is 18.3 Å². The maximum Gasteiger partial charge on any atom is 0.269 e. The molecule has 0 aliphatic heterocycles. The number of hydrogen-bond donors (Lipinski definition) is 2. The molecule has 1 heterocycles. The summed E-state index contributed by atoms with van der Waals surface area (Å²) >= 11 is 5.72. The lowest BCUT2D eigenvalue weighted by Gasteiger charge is -2.33. The number of hydrogen-bond acceptors (Lipinski definition) is 3. The maximum absolute atomic E-state index is 11.9. The van der Waals surface area contributed by atoms with Crippen LogP contribution in [0, 0.1) is 0 Å². The molecule has 1 aromatic heterocycles. The number of aromatic nitrogens is 1. The largest absolute Gasteiger partial charge is 0.349 e. The van der Waals surface area contributed by atoms with E-state index in [9.17, 15) is 4.79 Å². The molecular weight excluding hydrogens is 321 g/mol. The Labute approximate surface area is 136 Å². The minimum Gasteiger partial charge on any atom is -0.349 e. The van der Waals surface area contributed by atoms with Crippen molar-refractivity contribution in [3.8, 4) is 0 Å². The van der Waals surface area contributed by atoms with Gasteiger partial charge in [-0.2, -0.15) is 0 Å². The van der Waals surface area contributed by atoms with Crippen molar-refractivity contribution in [3.63, 3.8) is 0 Å². The highest BCUT2D eigenvalue weighted by molar-refractivity contribution is 6.30. The molecule has 1 aliphatic carbocycles. The molecule has 1 aromatic rings. The van der Waals surface area contributed by atoms with Crippen LogP contribution < -0.4 is 11.1 Å².